The molecule has 31 heavy (non-hydrogen) atoms. The summed E-state index contributed by atoms with van der Waals surface area (Å²) in [6, 6.07) is 9.86. The third kappa shape index (κ3) is 5.63. The van der Waals surface area contributed by atoms with Crippen molar-refractivity contribution in [3.63, 3.8) is 0 Å². The lowest BCUT2D eigenvalue weighted by Gasteiger charge is -2.34. The molecule has 1 aliphatic heterocycles. The van der Waals surface area contributed by atoms with Gasteiger partial charge in [0.25, 0.3) is 0 Å². The van der Waals surface area contributed by atoms with E-state index in [9.17, 15) is 13.2 Å². The first-order chi connectivity index (χ1) is 14.7. The standard InChI is InChI=1S/C21H24Cl2N2O5S/c1-29-17-11-15(12-18(14-17)30-2)3-6-21(26)24-7-9-25(10-8-24)31(27,28)20-13-16(22)4-5-19(20)23/h4-5,11-14H,3,6-10H2,1-2H3. The number of halogens is 2. The fourth-order valence-electron chi connectivity index (χ4n) is 3.41. The molecule has 7 nitrogen and oxygen atoms in total. The summed E-state index contributed by atoms with van der Waals surface area (Å²) in [5.41, 5.74) is 0.932. The highest BCUT2D eigenvalue weighted by Gasteiger charge is 2.31. The number of sulfonamides is 1. The van der Waals surface area contributed by atoms with E-state index < -0.39 is 10.0 Å². The Kier molecular flexibility index (Phi) is 7.69. The van der Waals surface area contributed by atoms with E-state index in [0.29, 0.717) is 42.5 Å². The van der Waals surface area contributed by atoms with Crippen LogP contribution in [-0.2, 0) is 21.2 Å². The molecule has 168 valence electrons. The Bertz CT molecular complexity index is 1030. The van der Waals surface area contributed by atoms with Gasteiger partial charge in [-0.15, -0.1) is 0 Å². The Morgan fingerprint density at radius 3 is 2.16 bits per heavy atom. The van der Waals surface area contributed by atoms with Crippen LogP contribution in [0.3, 0.4) is 0 Å². The summed E-state index contributed by atoms with van der Waals surface area (Å²) in [7, 11) is -0.629. The SMILES string of the molecule is COc1cc(CCC(=O)N2CCN(S(=O)(=O)c3cc(Cl)ccc3Cl)CC2)cc(OC)c1. The van der Waals surface area contributed by atoms with Crippen molar-refractivity contribution >= 4 is 39.1 Å². The molecular weight excluding hydrogens is 463 g/mol. The smallest absolute Gasteiger partial charge is 0.244 e. The minimum Gasteiger partial charge on any atom is -0.497 e. The van der Waals surface area contributed by atoms with Gasteiger partial charge >= 0.3 is 0 Å². The van der Waals surface area contributed by atoms with Crippen molar-refractivity contribution < 1.29 is 22.7 Å². The van der Waals surface area contributed by atoms with Gasteiger partial charge in [0.2, 0.25) is 15.9 Å². The summed E-state index contributed by atoms with van der Waals surface area (Å²) in [6.45, 7) is 1.03. The van der Waals surface area contributed by atoms with Gasteiger partial charge < -0.3 is 14.4 Å². The summed E-state index contributed by atoms with van der Waals surface area (Å²) in [4.78, 5) is 14.3. The van der Waals surface area contributed by atoms with Gasteiger partial charge in [0, 0.05) is 43.7 Å². The topological polar surface area (TPSA) is 76.2 Å². The number of nitrogens with zero attached hydrogens (tertiary/aromatic N) is 2. The van der Waals surface area contributed by atoms with Crippen LogP contribution >= 0.6 is 23.2 Å². The van der Waals surface area contributed by atoms with Crippen LogP contribution in [0.4, 0.5) is 0 Å². The van der Waals surface area contributed by atoms with Gasteiger partial charge in [-0.1, -0.05) is 23.2 Å². The molecule has 0 unspecified atom stereocenters. The molecule has 3 rings (SSSR count). The van der Waals surface area contributed by atoms with Crippen LogP contribution in [0.5, 0.6) is 11.5 Å². The van der Waals surface area contributed by atoms with Crippen molar-refractivity contribution in [2.24, 2.45) is 0 Å². The molecule has 1 amide bonds. The molecule has 10 heteroatoms. The van der Waals surface area contributed by atoms with Crippen molar-refractivity contribution in [3.05, 3.63) is 52.0 Å². The number of aryl methyl sites for hydroxylation is 1. The van der Waals surface area contributed by atoms with E-state index in [2.05, 4.69) is 0 Å². The van der Waals surface area contributed by atoms with Crippen molar-refractivity contribution in [2.45, 2.75) is 17.7 Å². The minimum absolute atomic E-state index is 0.0200. The summed E-state index contributed by atoms with van der Waals surface area (Å²) in [5, 5.41) is 0.419. The van der Waals surface area contributed by atoms with Gasteiger partial charge in [0.05, 0.1) is 19.2 Å². The van der Waals surface area contributed by atoms with Gasteiger partial charge in [0.15, 0.2) is 0 Å². The molecule has 0 bridgehead atoms. The molecule has 1 fully saturated rings. The average Bonchev–Trinajstić information content (AvgIpc) is 2.78. The normalized spacial score (nSPS) is 15.0. The number of piperazine rings is 1. The summed E-state index contributed by atoms with van der Waals surface area (Å²) >= 11 is 12.0. The molecule has 2 aromatic rings. The largest absolute Gasteiger partial charge is 0.497 e. The van der Waals surface area contributed by atoms with Gasteiger partial charge in [-0.2, -0.15) is 4.31 Å². The zero-order valence-corrected chi connectivity index (χ0v) is 19.6. The van der Waals surface area contributed by atoms with Crippen LogP contribution in [0.15, 0.2) is 41.3 Å². The molecule has 1 aliphatic rings. The lowest BCUT2D eigenvalue weighted by atomic mass is 10.1. The van der Waals surface area contributed by atoms with E-state index in [1.807, 2.05) is 12.1 Å². The van der Waals surface area contributed by atoms with E-state index in [4.69, 9.17) is 32.7 Å². The summed E-state index contributed by atoms with van der Waals surface area (Å²) < 4.78 is 37.7. The Labute approximate surface area is 192 Å². The van der Waals surface area contributed by atoms with E-state index in [1.54, 1.807) is 25.2 Å². The van der Waals surface area contributed by atoms with Crippen LogP contribution in [0.1, 0.15) is 12.0 Å². The predicted molar refractivity (Wildman–Crippen MR) is 120 cm³/mol. The Hall–Kier alpha value is -2.00. The molecule has 0 radical (unpaired) electrons. The van der Waals surface area contributed by atoms with Gasteiger partial charge in [0.1, 0.15) is 16.4 Å². The number of benzene rings is 2. The second kappa shape index (κ2) is 10.1. The zero-order valence-electron chi connectivity index (χ0n) is 17.3. The van der Waals surface area contributed by atoms with Crippen molar-refractivity contribution in [3.8, 4) is 11.5 Å². The number of amides is 1. The van der Waals surface area contributed by atoms with Crippen molar-refractivity contribution in [2.75, 3.05) is 40.4 Å². The van der Waals surface area contributed by atoms with Crippen LogP contribution in [-0.4, -0.2) is 63.9 Å². The lowest BCUT2D eigenvalue weighted by Crippen LogP contribution is -2.50. The number of methoxy groups -OCH3 is 2. The fourth-order valence-corrected chi connectivity index (χ4v) is 5.57. The van der Waals surface area contributed by atoms with Gasteiger partial charge in [-0.05, 0) is 42.3 Å². The number of carbonyl (C=O) groups excluding carboxylic acids is 1. The quantitative estimate of drug-likeness (QED) is 0.598. The number of hydrogen-bond donors (Lipinski definition) is 0. The molecular formula is C21H24Cl2N2O5S. The first-order valence-corrected chi connectivity index (χ1v) is 11.9. The highest BCUT2D eigenvalue weighted by atomic mass is 35.5. The van der Waals surface area contributed by atoms with E-state index in [0.717, 1.165) is 5.56 Å². The highest BCUT2D eigenvalue weighted by molar-refractivity contribution is 7.89. The molecule has 0 aliphatic carbocycles. The molecule has 2 aromatic carbocycles. The van der Waals surface area contributed by atoms with Crippen LogP contribution in [0.2, 0.25) is 10.0 Å². The van der Waals surface area contributed by atoms with E-state index >= 15 is 0 Å². The number of hydrogen-bond acceptors (Lipinski definition) is 5. The second-order valence-electron chi connectivity index (χ2n) is 7.08. The molecule has 0 atom stereocenters. The second-order valence-corrected chi connectivity index (χ2v) is 9.83. The molecule has 0 aromatic heterocycles. The van der Waals surface area contributed by atoms with E-state index in [1.165, 1.54) is 22.5 Å². The minimum atomic E-state index is -3.78. The van der Waals surface area contributed by atoms with Crippen LogP contribution in [0.25, 0.3) is 0 Å². The first-order valence-electron chi connectivity index (χ1n) is 9.69. The van der Waals surface area contributed by atoms with Crippen LogP contribution < -0.4 is 9.47 Å². The first kappa shape index (κ1) is 23.7. The summed E-state index contributed by atoms with van der Waals surface area (Å²) in [5.74, 6) is 1.31. The fraction of sp³-hybridized carbons (Fsp3) is 0.381. The maximum atomic E-state index is 12.9. The highest BCUT2D eigenvalue weighted by Crippen LogP contribution is 2.28. The maximum Gasteiger partial charge on any atom is 0.244 e. The van der Waals surface area contributed by atoms with Crippen LogP contribution in [0, 0.1) is 0 Å². The predicted octanol–water partition coefficient (Wildman–Crippen LogP) is 3.48. The molecule has 0 saturated carbocycles. The summed E-state index contributed by atoms with van der Waals surface area (Å²) in [6.07, 6.45) is 0.840. The molecule has 1 saturated heterocycles. The number of ether oxygens (including phenoxy) is 2. The molecule has 1 heterocycles. The van der Waals surface area contributed by atoms with Gasteiger partial charge in [-0.3, -0.25) is 4.79 Å². The monoisotopic (exact) mass is 486 g/mol. The van der Waals surface area contributed by atoms with E-state index in [-0.39, 0.29) is 28.9 Å². The number of rotatable bonds is 7. The van der Waals surface area contributed by atoms with Gasteiger partial charge in [-0.25, -0.2) is 8.42 Å². The van der Waals surface area contributed by atoms with Crippen molar-refractivity contribution in [1.82, 2.24) is 9.21 Å². The molecule has 0 spiro atoms. The number of carbonyl (C=O) groups is 1. The molecule has 0 N–H and O–H groups in total. The Morgan fingerprint density at radius 2 is 1.58 bits per heavy atom. The average molecular weight is 487 g/mol. The zero-order chi connectivity index (χ0) is 22.6. The Balaban J connectivity index is 1.59. The third-order valence-corrected chi connectivity index (χ3v) is 7.76. The third-order valence-electron chi connectivity index (χ3n) is 5.14. The Morgan fingerprint density at radius 1 is 0.968 bits per heavy atom. The van der Waals surface area contributed by atoms with Crippen molar-refractivity contribution in [1.29, 1.82) is 0 Å². The lowest BCUT2D eigenvalue weighted by molar-refractivity contribution is -0.132. The maximum absolute atomic E-state index is 12.9.